The zero-order valence-corrected chi connectivity index (χ0v) is 21.4. The average Bonchev–Trinajstić information content (AvgIpc) is 3.60. The number of sulfonamides is 1. The predicted molar refractivity (Wildman–Crippen MR) is 142 cm³/mol. The number of anilines is 3. The molecular weight excluding hydrogens is 527 g/mol. The zero-order chi connectivity index (χ0) is 27.6. The molecule has 3 aromatic carbocycles. The van der Waals surface area contributed by atoms with Gasteiger partial charge in [-0.15, -0.1) is 0 Å². The molecule has 5 rings (SSSR count). The first-order valence-corrected chi connectivity index (χ1v) is 13.3. The molecule has 39 heavy (non-hydrogen) atoms. The number of fused-ring (bicyclic) bond motifs is 1. The summed E-state index contributed by atoms with van der Waals surface area (Å²) in [7, 11) is -3.98. The second kappa shape index (κ2) is 10.5. The Balaban J connectivity index is 1.27. The van der Waals surface area contributed by atoms with Crippen molar-refractivity contribution in [2.24, 2.45) is 0 Å². The summed E-state index contributed by atoms with van der Waals surface area (Å²) >= 11 is 0. The molecule has 4 aromatic rings. The number of rotatable bonds is 8. The lowest BCUT2D eigenvalue weighted by molar-refractivity contribution is 0.101. The van der Waals surface area contributed by atoms with Gasteiger partial charge in [-0.25, -0.2) is 12.8 Å². The number of carbonyl (C=O) groups excluding carboxylic acids is 2. The quantitative estimate of drug-likeness (QED) is 0.250. The third kappa shape index (κ3) is 5.70. The lowest BCUT2D eigenvalue weighted by atomic mass is 10.1. The fourth-order valence-electron chi connectivity index (χ4n) is 3.86. The molecule has 10 nitrogen and oxygen atoms in total. The molecular formula is C27H23FN4O6S. The maximum absolute atomic E-state index is 14.5. The molecule has 0 aliphatic carbocycles. The van der Waals surface area contributed by atoms with Crippen molar-refractivity contribution in [3.63, 3.8) is 0 Å². The molecule has 1 aliphatic heterocycles. The first-order valence-electron chi connectivity index (χ1n) is 11.8. The van der Waals surface area contributed by atoms with Crippen molar-refractivity contribution in [1.29, 1.82) is 0 Å². The van der Waals surface area contributed by atoms with E-state index in [1.54, 1.807) is 30.3 Å². The Hall–Kier alpha value is -4.84. The summed E-state index contributed by atoms with van der Waals surface area (Å²) in [5.74, 6) is -1.04. The number of ether oxygens (including phenoxy) is 2. The molecule has 4 N–H and O–H groups in total. The highest BCUT2D eigenvalue weighted by Gasteiger charge is 2.20. The fourth-order valence-corrected chi connectivity index (χ4v) is 4.90. The van der Waals surface area contributed by atoms with E-state index in [0.29, 0.717) is 22.7 Å². The van der Waals surface area contributed by atoms with Gasteiger partial charge in [0.2, 0.25) is 6.79 Å². The summed E-state index contributed by atoms with van der Waals surface area (Å²) < 4.78 is 53.1. The van der Waals surface area contributed by atoms with Crippen LogP contribution < -0.4 is 24.8 Å². The number of H-pyrrole nitrogens is 1. The Morgan fingerprint density at radius 3 is 2.56 bits per heavy atom. The van der Waals surface area contributed by atoms with Gasteiger partial charge in [0.05, 0.1) is 5.69 Å². The van der Waals surface area contributed by atoms with Crippen molar-refractivity contribution in [3.05, 3.63) is 95.6 Å². The van der Waals surface area contributed by atoms with Crippen molar-refractivity contribution in [2.45, 2.75) is 18.2 Å². The molecule has 0 fully saturated rings. The van der Waals surface area contributed by atoms with Crippen LogP contribution in [0.15, 0.2) is 77.8 Å². The highest BCUT2D eigenvalue weighted by atomic mass is 32.2. The Labute approximate surface area is 223 Å². The number of halogens is 1. The van der Waals surface area contributed by atoms with Gasteiger partial charge in [-0.2, -0.15) is 0 Å². The first-order chi connectivity index (χ1) is 18.7. The molecule has 0 radical (unpaired) electrons. The van der Waals surface area contributed by atoms with Crippen LogP contribution in [0.3, 0.4) is 0 Å². The predicted octanol–water partition coefficient (Wildman–Crippen LogP) is 4.75. The lowest BCUT2D eigenvalue weighted by Gasteiger charge is -2.10. The van der Waals surface area contributed by atoms with Gasteiger partial charge in [-0.3, -0.25) is 14.3 Å². The van der Waals surface area contributed by atoms with Crippen LogP contribution in [0.2, 0.25) is 0 Å². The lowest BCUT2D eigenvalue weighted by Crippen LogP contribution is -2.15. The number of aromatic nitrogens is 1. The fraction of sp³-hybridized carbons (Fsp3) is 0.111. The van der Waals surface area contributed by atoms with E-state index in [4.69, 9.17) is 9.47 Å². The van der Waals surface area contributed by atoms with Crippen molar-refractivity contribution in [3.8, 4) is 11.5 Å². The van der Waals surface area contributed by atoms with Gasteiger partial charge >= 0.3 is 0 Å². The number of amides is 2. The Kier molecular flexibility index (Phi) is 6.94. The topological polar surface area (TPSA) is 139 Å². The van der Waals surface area contributed by atoms with E-state index in [2.05, 4.69) is 20.3 Å². The molecule has 200 valence electrons. The molecule has 2 amide bonds. The monoisotopic (exact) mass is 550 g/mol. The number of benzene rings is 3. The minimum atomic E-state index is -3.98. The van der Waals surface area contributed by atoms with Crippen molar-refractivity contribution < 1.29 is 31.9 Å². The number of hydrogen-bond acceptors (Lipinski definition) is 6. The van der Waals surface area contributed by atoms with Crippen LogP contribution in [0.1, 0.15) is 33.3 Å². The summed E-state index contributed by atoms with van der Waals surface area (Å²) in [6, 6.07) is 16.5. The van der Waals surface area contributed by atoms with Gasteiger partial charge < -0.3 is 25.1 Å². The zero-order valence-electron chi connectivity index (χ0n) is 20.6. The van der Waals surface area contributed by atoms with Gasteiger partial charge in [0.25, 0.3) is 21.8 Å². The van der Waals surface area contributed by atoms with Gasteiger partial charge in [0, 0.05) is 23.1 Å². The highest BCUT2D eigenvalue weighted by Crippen LogP contribution is 2.33. The second-order valence-electron chi connectivity index (χ2n) is 8.58. The number of nitrogens with one attached hydrogen (secondary N) is 4. The smallest absolute Gasteiger partial charge is 0.272 e. The maximum atomic E-state index is 14.5. The summed E-state index contributed by atoms with van der Waals surface area (Å²) in [6.07, 6.45) is 1.91. The van der Waals surface area contributed by atoms with E-state index in [1.165, 1.54) is 24.4 Å². The number of aromatic amines is 1. The van der Waals surface area contributed by atoms with Crippen LogP contribution >= 0.6 is 0 Å². The van der Waals surface area contributed by atoms with E-state index < -0.39 is 27.7 Å². The molecule has 0 unspecified atom stereocenters. The second-order valence-corrected chi connectivity index (χ2v) is 10.3. The third-order valence-corrected chi connectivity index (χ3v) is 7.27. The van der Waals surface area contributed by atoms with Crippen molar-refractivity contribution in [1.82, 2.24) is 4.98 Å². The third-order valence-electron chi connectivity index (χ3n) is 5.91. The Morgan fingerprint density at radius 2 is 1.74 bits per heavy atom. The highest BCUT2D eigenvalue weighted by molar-refractivity contribution is 7.92. The van der Waals surface area contributed by atoms with Crippen LogP contribution in [0, 0.1) is 5.82 Å². The van der Waals surface area contributed by atoms with E-state index in [1.807, 2.05) is 13.0 Å². The normalized spacial score (nSPS) is 12.2. The number of carbonyl (C=O) groups is 2. The molecule has 0 spiro atoms. The minimum absolute atomic E-state index is 0.0685. The van der Waals surface area contributed by atoms with Crippen LogP contribution in [0.25, 0.3) is 0 Å². The molecule has 0 atom stereocenters. The standard InChI is InChI=1S/C27H23FN4O6S/c1-2-16-4-3-5-19(10-16)32-39(35,36)20-13-23(29-14-20)27(34)31-22-12-18(7-8-21(22)28)30-26(33)17-6-9-24-25(11-17)38-15-37-24/h3-14,29,32H,2,15H2,1H3,(H,30,33)(H,31,34). The summed E-state index contributed by atoms with van der Waals surface area (Å²) in [4.78, 5) is 27.9. The largest absolute Gasteiger partial charge is 0.454 e. The molecule has 0 bridgehead atoms. The van der Waals surface area contributed by atoms with Crippen molar-refractivity contribution in [2.75, 3.05) is 22.1 Å². The van der Waals surface area contributed by atoms with E-state index in [0.717, 1.165) is 24.1 Å². The molecule has 0 saturated heterocycles. The molecule has 0 saturated carbocycles. The molecule has 1 aromatic heterocycles. The van der Waals surface area contributed by atoms with Crippen molar-refractivity contribution >= 4 is 38.9 Å². The van der Waals surface area contributed by atoms with Crippen LogP contribution in [-0.4, -0.2) is 32.0 Å². The molecule has 12 heteroatoms. The maximum Gasteiger partial charge on any atom is 0.272 e. The van der Waals surface area contributed by atoms with Gasteiger partial charge in [0.15, 0.2) is 11.5 Å². The van der Waals surface area contributed by atoms with E-state index in [9.17, 15) is 22.4 Å². The number of aryl methyl sites for hydroxylation is 1. The minimum Gasteiger partial charge on any atom is -0.454 e. The summed E-state index contributed by atoms with van der Waals surface area (Å²) in [5.41, 5.74) is 1.56. The van der Waals surface area contributed by atoms with E-state index >= 15 is 0 Å². The molecule has 1 aliphatic rings. The average molecular weight is 551 g/mol. The first kappa shape index (κ1) is 25.8. The van der Waals surface area contributed by atoms with Gasteiger partial charge in [-0.1, -0.05) is 19.1 Å². The van der Waals surface area contributed by atoms with Gasteiger partial charge in [0.1, 0.15) is 16.4 Å². The van der Waals surface area contributed by atoms with Crippen LogP contribution in [0.5, 0.6) is 11.5 Å². The number of hydrogen-bond donors (Lipinski definition) is 4. The Bertz CT molecular complexity index is 1690. The van der Waals surface area contributed by atoms with E-state index in [-0.39, 0.29) is 28.8 Å². The molecule has 2 heterocycles. The van der Waals surface area contributed by atoms with Gasteiger partial charge in [-0.05, 0) is 66.6 Å². The SMILES string of the molecule is CCc1cccc(NS(=O)(=O)c2c[nH]c(C(=O)Nc3cc(NC(=O)c4ccc5c(c4)OCO5)ccc3F)c2)c1. The van der Waals surface area contributed by atoms with Crippen LogP contribution in [-0.2, 0) is 16.4 Å². The summed E-state index contributed by atoms with van der Waals surface area (Å²) in [6.45, 7) is 2.02. The Morgan fingerprint density at radius 1 is 0.923 bits per heavy atom. The van der Waals surface area contributed by atoms with Crippen LogP contribution in [0.4, 0.5) is 21.5 Å². The summed E-state index contributed by atoms with van der Waals surface area (Å²) in [5, 5.41) is 5.03.